The molecule has 0 aromatic carbocycles. The van der Waals surface area contributed by atoms with Crippen molar-refractivity contribution in [2.24, 2.45) is 0 Å². The summed E-state index contributed by atoms with van der Waals surface area (Å²) in [7, 11) is -3.16. The lowest BCUT2D eigenvalue weighted by Crippen LogP contribution is -2.48. The highest BCUT2D eigenvalue weighted by atomic mass is 79.9. The van der Waals surface area contributed by atoms with Crippen molar-refractivity contribution in [3.8, 4) is 6.07 Å². The molecule has 1 fully saturated rings. The van der Waals surface area contributed by atoms with Gasteiger partial charge in [0.25, 0.3) is 0 Å². The first kappa shape index (κ1) is 17.9. The Morgan fingerprint density at radius 1 is 1.23 bits per heavy atom. The maximum absolute atomic E-state index is 12.2. The minimum Gasteiger partial charge on any atom is -0.296 e. The zero-order chi connectivity index (χ0) is 16.0. The van der Waals surface area contributed by atoms with E-state index in [1.54, 1.807) is 15.6 Å². The van der Waals surface area contributed by atoms with Crippen LogP contribution in [0.1, 0.15) is 24.1 Å². The number of rotatable bonds is 7. The predicted octanol–water partition coefficient (Wildman–Crippen LogP) is 2.65. The molecule has 8 heteroatoms. The van der Waals surface area contributed by atoms with Crippen LogP contribution in [-0.2, 0) is 16.6 Å². The number of sulfonamides is 1. The molecule has 1 aromatic heterocycles. The molecule has 122 valence electrons. The Balaban J connectivity index is 1.77. The van der Waals surface area contributed by atoms with E-state index in [2.05, 4.69) is 26.9 Å². The molecule has 2 rings (SSSR count). The molecule has 0 amide bonds. The summed E-state index contributed by atoms with van der Waals surface area (Å²) < 4.78 is 27.2. The summed E-state index contributed by atoms with van der Waals surface area (Å²) in [6.45, 7) is 3.55. The lowest BCUT2D eigenvalue weighted by molar-refractivity contribution is 0.183. The first-order valence-corrected chi connectivity index (χ1v) is 10.5. The Morgan fingerprint density at radius 3 is 2.55 bits per heavy atom. The Kier molecular flexibility index (Phi) is 6.84. The minimum atomic E-state index is -3.16. The molecule has 0 unspecified atom stereocenters. The molecule has 0 bridgehead atoms. The average Bonchev–Trinajstić information content (AvgIpc) is 2.89. The van der Waals surface area contributed by atoms with Gasteiger partial charge in [0.2, 0.25) is 10.0 Å². The van der Waals surface area contributed by atoms with Crippen molar-refractivity contribution in [1.29, 1.82) is 5.26 Å². The van der Waals surface area contributed by atoms with Crippen LogP contribution < -0.4 is 0 Å². The maximum atomic E-state index is 12.2. The lowest BCUT2D eigenvalue weighted by atomic mass is 10.3. The monoisotopic (exact) mass is 405 g/mol. The van der Waals surface area contributed by atoms with Crippen LogP contribution in [0.25, 0.3) is 0 Å². The molecule has 0 spiro atoms. The molecule has 0 atom stereocenters. The van der Waals surface area contributed by atoms with Crippen LogP contribution in [0.2, 0.25) is 0 Å². The van der Waals surface area contributed by atoms with Gasteiger partial charge in [-0.25, -0.2) is 8.42 Å². The smallest absolute Gasteiger partial charge is 0.214 e. The Bertz CT molecular complexity index is 616. The maximum Gasteiger partial charge on any atom is 0.214 e. The van der Waals surface area contributed by atoms with Crippen molar-refractivity contribution in [3.63, 3.8) is 0 Å². The van der Waals surface area contributed by atoms with Gasteiger partial charge < -0.3 is 0 Å². The second-order valence-corrected chi connectivity index (χ2v) is 9.95. The van der Waals surface area contributed by atoms with Crippen molar-refractivity contribution >= 4 is 37.3 Å². The summed E-state index contributed by atoms with van der Waals surface area (Å²) in [6, 6.07) is 6.19. The van der Waals surface area contributed by atoms with Crippen molar-refractivity contribution in [1.82, 2.24) is 9.21 Å². The van der Waals surface area contributed by atoms with E-state index in [-0.39, 0.29) is 5.75 Å². The molecule has 1 saturated heterocycles. The number of unbranched alkanes of at least 4 members (excludes halogenated alkanes) is 2. The molecule has 5 nitrogen and oxygen atoms in total. The fourth-order valence-corrected chi connectivity index (χ4v) is 5.51. The van der Waals surface area contributed by atoms with E-state index in [0.717, 1.165) is 23.4 Å². The molecule has 0 saturated carbocycles. The lowest BCUT2D eigenvalue weighted by Gasteiger charge is -2.33. The number of nitriles is 1. The van der Waals surface area contributed by atoms with Crippen molar-refractivity contribution < 1.29 is 8.42 Å². The zero-order valence-corrected chi connectivity index (χ0v) is 15.6. The fourth-order valence-electron chi connectivity index (χ4n) is 2.44. The van der Waals surface area contributed by atoms with E-state index < -0.39 is 10.0 Å². The zero-order valence-electron chi connectivity index (χ0n) is 12.4. The quantitative estimate of drug-likeness (QED) is 0.653. The van der Waals surface area contributed by atoms with E-state index in [0.29, 0.717) is 32.4 Å². The number of piperazine rings is 1. The Labute approximate surface area is 144 Å². The SMILES string of the molecule is N#CCCCCS(=O)(=O)N1CCN(Cc2ccc(Br)s2)CC1. The van der Waals surface area contributed by atoms with Crippen LogP contribution in [0, 0.1) is 11.3 Å². The normalized spacial score (nSPS) is 17.5. The van der Waals surface area contributed by atoms with Gasteiger partial charge in [0.1, 0.15) is 0 Å². The van der Waals surface area contributed by atoms with Gasteiger partial charge >= 0.3 is 0 Å². The van der Waals surface area contributed by atoms with Gasteiger partial charge in [-0.2, -0.15) is 9.57 Å². The molecular formula is C14H20BrN3O2S2. The van der Waals surface area contributed by atoms with Crippen LogP contribution >= 0.6 is 27.3 Å². The summed E-state index contributed by atoms with van der Waals surface area (Å²) in [5.41, 5.74) is 0. The van der Waals surface area contributed by atoms with Crippen LogP contribution in [-0.4, -0.2) is 49.6 Å². The Morgan fingerprint density at radius 2 is 1.95 bits per heavy atom. The average molecular weight is 406 g/mol. The molecule has 0 radical (unpaired) electrons. The molecule has 1 aromatic rings. The fraction of sp³-hybridized carbons (Fsp3) is 0.643. The van der Waals surface area contributed by atoms with Gasteiger partial charge in [0, 0.05) is 44.0 Å². The van der Waals surface area contributed by atoms with Gasteiger partial charge in [0.15, 0.2) is 0 Å². The van der Waals surface area contributed by atoms with E-state index in [4.69, 9.17) is 5.26 Å². The third-order valence-corrected chi connectivity index (χ3v) is 7.24. The second-order valence-electron chi connectivity index (χ2n) is 5.31. The number of hydrogen-bond acceptors (Lipinski definition) is 5. The highest BCUT2D eigenvalue weighted by molar-refractivity contribution is 9.11. The van der Waals surface area contributed by atoms with E-state index >= 15 is 0 Å². The third-order valence-electron chi connectivity index (χ3n) is 3.67. The predicted molar refractivity (Wildman–Crippen MR) is 92.1 cm³/mol. The second kappa shape index (κ2) is 8.41. The first-order valence-electron chi connectivity index (χ1n) is 7.32. The molecule has 0 aliphatic carbocycles. The molecular weight excluding hydrogens is 386 g/mol. The molecule has 2 heterocycles. The third kappa shape index (κ3) is 5.32. The summed E-state index contributed by atoms with van der Waals surface area (Å²) in [5.74, 6) is 0.159. The van der Waals surface area contributed by atoms with Gasteiger partial charge in [-0.1, -0.05) is 0 Å². The van der Waals surface area contributed by atoms with Crippen LogP contribution in [0.4, 0.5) is 0 Å². The van der Waals surface area contributed by atoms with E-state index in [1.807, 2.05) is 12.1 Å². The molecule has 1 aliphatic heterocycles. The molecule has 1 aliphatic rings. The molecule has 0 N–H and O–H groups in total. The van der Waals surface area contributed by atoms with Crippen molar-refractivity contribution in [2.45, 2.75) is 25.8 Å². The number of halogens is 1. The highest BCUT2D eigenvalue weighted by Gasteiger charge is 2.26. The Hall–Kier alpha value is -0.460. The minimum absolute atomic E-state index is 0.159. The van der Waals surface area contributed by atoms with Gasteiger partial charge in [-0.15, -0.1) is 11.3 Å². The largest absolute Gasteiger partial charge is 0.296 e. The van der Waals surface area contributed by atoms with Crippen molar-refractivity contribution in [2.75, 3.05) is 31.9 Å². The van der Waals surface area contributed by atoms with Gasteiger partial charge in [0.05, 0.1) is 15.6 Å². The van der Waals surface area contributed by atoms with Gasteiger partial charge in [-0.3, -0.25) is 4.90 Å². The summed E-state index contributed by atoms with van der Waals surface area (Å²) in [6.07, 6.45) is 1.65. The standard InChI is InChI=1S/C14H20BrN3O2S2/c15-14-5-4-13(21-14)12-17-7-9-18(10-8-17)22(19,20)11-3-1-2-6-16/h4-5H,1-3,7-12H2. The van der Waals surface area contributed by atoms with E-state index in [9.17, 15) is 8.42 Å². The topological polar surface area (TPSA) is 64.4 Å². The van der Waals surface area contributed by atoms with Gasteiger partial charge in [-0.05, 0) is 40.9 Å². The molecule has 22 heavy (non-hydrogen) atoms. The summed E-state index contributed by atoms with van der Waals surface area (Å²) in [5, 5.41) is 8.48. The first-order chi connectivity index (χ1) is 10.5. The summed E-state index contributed by atoms with van der Waals surface area (Å²) in [4.78, 5) is 3.58. The van der Waals surface area contributed by atoms with Crippen LogP contribution in [0.15, 0.2) is 15.9 Å². The number of nitrogens with zero attached hydrogens (tertiary/aromatic N) is 3. The van der Waals surface area contributed by atoms with Crippen LogP contribution in [0.3, 0.4) is 0 Å². The van der Waals surface area contributed by atoms with Crippen molar-refractivity contribution in [3.05, 3.63) is 20.8 Å². The van der Waals surface area contributed by atoms with Crippen LogP contribution in [0.5, 0.6) is 0 Å². The summed E-state index contributed by atoms with van der Waals surface area (Å²) >= 11 is 5.18. The highest BCUT2D eigenvalue weighted by Crippen LogP contribution is 2.23. The number of hydrogen-bond donors (Lipinski definition) is 0. The number of thiophene rings is 1. The van der Waals surface area contributed by atoms with E-state index in [1.165, 1.54) is 4.88 Å².